The van der Waals surface area contributed by atoms with E-state index in [1.807, 2.05) is 0 Å². The second-order valence-electron chi connectivity index (χ2n) is 11.5. The molecule has 11 heteroatoms. The molecule has 1 aliphatic heterocycles. The molecular formula is C41H32O11. The molecule has 3 unspecified atom stereocenters. The lowest BCUT2D eigenvalue weighted by atomic mass is 9.97. The highest BCUT2D eigenvalue weighted by atomic mass is 16.7. The molecule has 0 aromatic heterocycles. The molecule has 1 fully saturated rings. The summed E-state index contributed by atoms with van der Waals surface area (Å²) in [5.41, 5.74) is 0.762. The predicted molar refractivity (Wildman–Crippen MR) is 184 cm³/mol. The van der Waals surface area contributed by atoms with Gasteiger partial charge >= 0.3 is 29.8 Å². The summed E-state index contributed by atoms with van der Waals surface area (Å²) in [6.45, 7) is -0.557. The van der Waals surface area contributed by atoms with Crippen LogP contribution in [0.4, 0.5) is 0 Å². The Balaban J connectivity index is 1.41. The van der Waals surface area contributed by atoms with Gasteiger partial charge in [0, 0.05) is 0 Å². The fourth-order valence-corrected chi connectivity index (χ4v) is 5.37. The van der Waals surface area contributed by atoms with Crippen LogP contribution in [-0.2, 0) is 28.4 Å². The van der Waals surface area contributed by atoms with Crippen LogP contribution < -0.4 is 0 Å². The van der Waals surface area contributed by atoms with Gasteiger partial charge in [-0.15, -0.1) is 0 Å². The Labute approximate surface area is 298 Å². The molecular weight excluding hydrogens is 668 g/mol. The molecule has 5 aromatic rings. The van der Waals surface area contributed by atoms with Crippen LogP contribution in [0.25, 0.3) is 0 Å². The zero-order valence-electron chi connectivity index (χ0n) is 27.5. The largest absolute Gasteiger partial charge is 0.459 e. The molecule has 6 rings (SSSR count). The quantitative estimate of drug-likeness (QED) is 0.117. The SMILES string of the molecule is O=C(OCC1OC(OC(=O)c2ccccc2)[C@@H](OC(=O)c2ccccc2)C(OC(=O)c2ccccc2)[C@@H]1OC(=O)c1ccccc1)c1ccccc1. The normalized spacial score (nSPS) is 19.3. The van der Waals surface area contributed by atoms with Crippen LogP contribution in [0.15, 0.2) is 152 Å². The van der Waals surface area contributed by atoms with Gasteiger partial charge in [-0.1, -0.05) is 91.0 Å². The molecule has 262 valence electrons. The van der Waals surface area contributed by atoms with E-state index >= 15 is 0 Å². The maximum absolute atomic E-state index is 13.7. The molecule has 0 N–H and O–H groups in total. The number of benzene rings is 5. The number of rotatable bonds is 11. The van der Waals surface area contributed by atoms with Gasteiger partial charge in [0.25, 0.3) is 0 Å². The van der Waals surface area contributed by atoms with Crippen LogP contribution in [0.1, 0.15) is 51.8 Å². The van der Waals surface area contributed by atoms with Crippen molar-refractivity contribution in [3.8, 4) is 0 Å². The topological polar surface area (TPSA) is 141 Å². The zero-order valence-corrected chi connectivity index (χ0v) is 27.5. The predicted octanol–water partition coefficient (Wildman–Crippen LogP) is 6.10. The number of ether oxygens (including phenoxy) is 6. The minimum Gasteiger partial charge on any atom is -0.459 e. The van der Waals surface area contributed by atoms with Crippen molar-refractivity contribution >= 4 is 29.8 Å². The number of hydrogen-bond acceptors (Lipinski definition) is 11. The first kappa shape index (κ1) is 35.2. The van der Waals surface area contributed by atoms with Gasteiger partial charge in [0.1, 0.15) is 12.7 Å². The lowest BCUT2D eigenvalue weighted by Crippen LogP contribution is -2.63. The average molecular weight is 701 g/mol. The Morgan fingerprint density at radius 2 is 0.692 bits per heavy atom. The van der Waals surface area contributed by atoms with E-state index in [1.54, 1.807) is 103 Å². The van der Waals surface area contributed by atoms with Crippen molar-refractivity contribution in [1.29, 1.82) is 0 Å². The third-order valence-corrected chi connectivity index (χ3v) is 7.97. The van der Waals surface area contributed by atoms with E-state index < -0.39 is 67.2 Å². The summed E-state index contributed by atoms with van der Waals surface area (Å²) in [4.78, 5) is 67.4. The highest BCUT2D eigenvalue weighted by Crippen LogP contribution is 2.32. The number of carbonyl (C=O) groups is 5. The van der Waals surface area contributed by atoms with E-state index in [-0.39, 0.29) is 27.8 Å². The Hall–Kier alpha value is -6.59. The molecule has 0 radical (unpaired) electrons. The smallest absolute Gasteiger partial charge is 0.340 e. The maximum atomic E-state index is 13.7. The van der Waals surface area contributed by atoms with Crippen LogP contribution in [0, 0.1) is 0 Å². The van der Waals surface area contributed by atoms with Crippen LogP contribution in [0.2, 0.25) is 0 Å². The van der Waals surface area contributed by atoms with E-state index in [2.05, 4.69) is 0 Å². The van der Waals surface area contributed by atoms with Crippen molar-refractivity contribution in [1.82, 2.24) is 0 Å². The van der Waals surface area contributed by atoms with Gasteiger partial charge in [-0.25, -0.2) is 24.0 Å². The van der Waals surface area contributed by atoms with Crippen molar-refractivity contribution in [2.75, 3.05) is 6.61 Å². The Kier molecular flexibility index (Phi) is 11.4. The summed E-state index contributed by atoms with van der Waals surface area (Å²) in [5, 5.41) is 0. The lowest BCUT2D eigenvalue weighted by Gasteiger charge is -2.43. The summed E-state index contributed by atoms with van der Waals surface area (Å²) in [6, 6.07) is 40.0. The Morgan fingerprint density at radius 3 is 1.08 bits per heavy atom. The highest BCUT2D eigenvalue weighted by Gasteiger charge is 2.54. The molecule has 0 aliphatic carbocycles. The van der Waals surface area contributed by atoms with Gasteiger partial charge in [-0.2, -0.15) is 0 Å². The molecule has 0 bridgehead atoms. The van der Waals surface area contributed by atoms with E-state index in [1.165, 1.54) is 48.5 Å². The van der Waals surface area contributed by atoms with Gasteiger partial charge < -0.3 is 28.4 Å². The second-order valence-corrected chi connectivity index (χ2v) is 11.5. The van der Waals surface area contributed by atoms with Crippen molar-refractivity contribution in [3.63, 3.8) is 0 Å². The van der Waals surface area contributed by atoms with Crippen molar-refractivity contribution < 1.29 is 52.4 Å². The molecule has 1 saturated heterocycles. The number of esters is 5. The first-order valence-corrected chi connectivity index (χ1v) is 16.3. The third-order valence-electron chi connectivity index (χ3n) is 7.97. The molecule has 52 heavy (non-hydrogen) atoms. The van der Waals surface area contributed by atoms with Gasteiger partial charge in [-0.3, -0.25) is 0 Å². The zero-order chi connectivity index (χ0) is 36.3. The maximum Gasteiger partial charge on any atom is 0.340 e. The van der Waals surface area contributed by atoms with Crippen LogP contribution >= 0.6 is 0 Å². The van der Waals surface area contributed by atoms with Crippen LogP contribution in [0.3, 0.4) is 0 Å². The fraction of sp³-hybridized carbons (Fsp3) is 0.146. The average Bonchev–Trinajstić information content (AvgIpc) is 3.20. The first-order chi connectivity index (χ1) is 25.4. The van der Waals surface area contributed by atoms with E-state index in [0.29, 0.717) is 0 Å². The minimum atomic E-state index is -1.75. The molecule has 1 aliphatic rings. The van der Waals surface area contributed by atoms with Crippen LogP contribution in [-0.4, -0.2) is 67.2 Å². The minimum absolute atomic E-state index is 0.125. The molecule has 0 saturated carbocycles. The van der Waals surface area contributed by atoms with Crippen molar-refractivity contribution in [3.05, 3.63) is 179 Å². The van der Waals surface area contributed by atoms with Gasteiger partial charge in [0.05, 0.1) is 27.8 Å². The van der Waals surface area contributed by atoms with Gasteiger partial charge in [0.15, 0.2) is 12.2 Å². The summed E-state index contributed by atoms with van der Waals surface area (Å²) >= 11 is 0. The molecule has 0 amide bonds. The number of carbonyl (C=O) groups excluding carboxylic acids is 5. The second kappa shape index (κ2) is 16.9. The van der Waals surface area contributed by atoms with Crippen LogP contribution in [0.5, 0.6) is 0 Å². The molecule has 5 aromatic carbocycles. The van der Waals surface area contributed by atoms with E-state index in [0.717, 1.165) is 0 Å². The lowest BCUT2D eigenvalue weighted by molar-refractivity contribution is -0.282. The highest BCUT2D eigenvalue weighted by molar-refractivity contribution is 5.92. The van der Waals surface area contributed by atoms with E-state index in [4.69, 9.17) is 28.4 Å². The fourth-order valence-electron chi connectivity index (χ4n) is 5.37. The molecule has 0 spiro atoms. The van der Waals surface area contributed by atoms with Crippen molar-refractivity contribution in [2.45, 2.75) is 30.7 Å². The monoisotopic (exact) mass is 700 g/mol. The Morgan fingerprint density at radius 1 is 0.385 bits per heavy atom. The van der Waals surface area contributed by atoms with Gasteiger partial charge in [0.2, 0.25) is 12.4 Å². The molecule has 1 heterocycles. The summed E-state index contributed by atoms with van der Waals surface area (Å²) in [5.74, 6) is -4.19. The number of hydrogen-bond donors (Lipinski definition) is 0. The molecule has 5 atom stereocenters. The standard InChI is InChI=1S/C41H32O11/c42-36(27-16-6-1-7-17-27)47-26-32-33(49-37(43)28-18-8-2-9-19-28)34(50-38(44)29-20-10-3-11-21-29)35(51-39(45)30-22-12-4-13-23-30)41(48-32)52-40(46)31-24-14-5-15-25-31/h1-25,32-35,41H,26H2/t32?,33-,34?,35+,41?/m1/s1. The third kappa shape index (κ3) is 8.76. The first-order valence-electron chi connectivity index (χ1n) is 16.3. The summed E-state index contributed by atoms with van der Waals surface area (Å²) in [7, 11) is 0. The molecule has 11 nitrogen and oxygen atoms in total. The van der Waals surface area contributed by atoms with Gasteiger partial charge in [-0.05, 0) is 60.7 Å². The summed E-state index contributed by atoms with van der Waals surface area (Å²) in [6.07, 6.45) is -8.07. The summed E-state index contributed by atoms with van der Waals surface area (Å²) < 4.78 is 35.5. The van der Waals surface area contributed by atoms with E-state index in [9.17, 15) is 24.0 Å². The Bertz CT molecular complexity index is 1970. The van der Waals surface area contributed by atoms with Crippen molar-refractivity contribution in [2.24, 2.45) is 0 Å².